The minimum Gasteiger partial charge on any atom is -0.507 e. The van der Waals surface area contributed by atoms with Crippen molar-refractivity contribution >= 4 is 40.2 Å². The number of phenols is 1. The molecule has 0 spiro atoms. The third kappa shape index (κ3) is 6.19. The number of imide groups is 1. The average Bonchev–Trinajstić information content (AvgIpc) is 3.58. The van der Waals surface area contributed by atoms with Crippen LogP contribution in [0.15, 0.2) is 77.9 Å². The SMILES string of the molecule is CCC1=C2[C@@H](CC/C(=C/c3ccc(O)c4ccccc34)c3ccccc3)OC[C@@H]2[C@@H]2C(=O)N(CCCCCC(=O)O)C(=O)[C@@H]2C1. The highest BCUT2D eigenvalue weighted by atomic mass is 16.5. The van der Waals surface area contributed by atoms with Crippen molar-refractivity contribution in [3.05, 3.63) is 89.0 Å². The predicted octanol–water partition coefficient (Wildman–Crippen LogP) is 7.24. The van der Waals surface area contributed by atoms with Gasteiger partial charge in [-0.3, -0.25) is 19.3 Å². The Morgan fingerprint density at radius 2 is 1.67 bits per heavy atom. The molecule has 0 unspecified atom stereocenters. The molecule has 0 bridgehead atoms. The van der Waals surface area contributed by atoms with E-state index in [1.165, 1.54) is 21.6 Å². The van der Waals surface area contributed by atoms with Crippen molar-refractivity contribution in [2.75, 3.05) is 13.2 Å². The lowest BCUT2D eigenvalue weighted by atomic mass is 9.69. The van der Waals surface area contributed by atoms with Crippen molar-refractivity contribution in [2.24, 2.45) is 17.8 Å². The summed E-state index contributed by atoms with van der Waals surface area (Å²) in [6, 6.07) is 21.9. The van der Waals surface area contributed by atoms with Crippen molar-refractivity contribution in [1.29, 1.82) is 0 Å². The Hall–Kier alpha value is -4.23. The minimum atomic E-state index is -0.823. The molecule has 234 valence electrons. The fourth-order valence-corrected chi connectivity index (χ4v) is 7.68. The first kappa shape index (κ1) is 30.8. The number of hydrogen-bond donors (Lipinski definition) is 2. The Kier molecular flexibility index (Phi) is 9.17. The molecule has 7 heteroatoms. The number of ether oxygens (including phenoxy) is 1. The maximum absolute atomic E-state index is 13.7. The molecule has 0 radical (unpaired) electrons. The van der Waals surface area contributed by atoms with Gasteiger partial charge in [-0.2, -0.15) is 0 Å². The molecular formula is C38H41NO6. The van der Waals surface area contributed by atoms with Crippen LogP contribution in [0.3, 0.4) is 0 Å². The molecule has 3 aromatic rings. The first-order valence-corrected chi connectivity index (χ1v) is 16.2. The molecule has 2 N–H and O–H groups in total. The van der Waals surface area contributed by atoms with Gasteiger partial charge in [-0.25, -0.2) is 0 Å². The quantitative estimate of drug-likeness (QED) is 0.0974. The standard InChI is InChI=1S/C38H41NO6/c1-2-24-22-30-36(38(44)39(37(30)43)20-10-4-7-15-34(41)42)31-23-45-33(35(24)31)19-17-26(25-11-5-3-6-12-25)21-27-16-18-32(40)29-14-9-8-13-28(27)29/h3,5-6,8-9,11-14,16,18,21,30-31,33,36,40H,2,4,7,10,15,17,19-20,22-23H2,1H3,(H,41,42)/b26-21-/t30-,31+,33-,36-/m1/s1. The van der Waals surface area contributed by atoms with Crippen molar-refractivity contribution in [2.45, 2.75) is 64.4 Å². The molecule has 0 aromatic heterocycles. The number of carbonyl (C=O) groups excluding carboxylic acids is 2. The van der Waals surface area contributed by atoms with Crippen LogP contribution < -0.4 is 0 Å². The Balaban J connectivity index is 1.22. The number of amides is 2. The summed E-state index contributed by atoms with van der Waals surface area (Å²) in [7, 11) is 0. The van der Waals surface area contributed by atoms with Crippen molar-refractivity contribution in [3.63, 3.8) is 0 Å². The number of allylic oxidation sites excluding steroid dienone is 2. The predicted molar refractivity (Wildman–Crippen MR) is 174 cm³/mol. The zero-order valence-electron chi connectivity index (χ0n) is 25.8. The minimum absolute atomic E-state index is 0.0768. The molecular weight excluding hydrogens is 566 g/mol. The zero-order valence-corrected chi connectivity index (χ0v) is 25.8. The van der Waals surface area contributed by atoms with Gasteiger partial charge in [-0.1, -0.05) is 85.7 Å². The summed E-state index contributed by atoms with van der Waals surface area (Å²) >= 11 is 0. The lowest BCUT2D eigenvalue weighted by Gasteiger charge is -2.31. The molecule has 7 nitrogen and oxygen atoms in total. The molecule has 45 heavy (non-hydrogen) atoms. The van der Waals surface area contributed by atoms with Crippen LogP contribution in [0.1, 0.15) is 69.4 Å². The van der Waals surface area contributed by atoms with E-state index in [-0.39, 0.29) is 47.8 Å². The van der Waals surface area contributed by atoms with E-state index in [0.717, 1.165) is 41.2 Å². The van der Waals surface area contributed by atoms with Gasteiger partial charge in [0.2, 0.25) is 11.8 Å². The third-order valence-electron chi connectivity index (χ3n) is 9.88. The maximum atomic E-state index is 13.7. The van der Waals surface area contributed by atoms with Gasteiger partial charge in [-0.05, 0) is 72.3 Å². The molecule has 3 aliphatic rings. The summed E-state index contributed by atoms with van der Waals surface area (Å²) in [5, 5.41) is 21.2. The molecule has 6 rings (SSSR count). The van der Waals surface area contributed by atoms with Gasteiger partial charge in [0.25, 0.3) is 0 Å². The molecule has 0 saturated carbocycles. The van der Waals surface area contributed by atoms with E-state index in [0.29, 0.717) is 38.8 Å². The number of aliphatic carboxylic acids is 1. The fraction of sp³-hybridized carbons (Fsp3) is 0.395. The first-order chi connectivity index (χ1) is 21.9. The molecule has 2 aliphatic heterocycles. The van der Waals surface area contributed by atoms with Crippen molar-refractivity contribution < 1.29 is 29.3 Å². The molecule has 2 heterocycles. The van der Waals surface area contributed by atoms with Crippen molar-refractivity contribution in [3.8, 4) is 5.75 Å². The Bertz CT molecular complexity index is 1660. The normalized spacial score (nSPS) is 23.1. The van der Waals surface area contributed by atoms with Crippen LogP contribution in [0.5, 0.6) is 5.75 Å². The second-order valence-corrected chi connectivity index (χ2v) is 12.5. The van der Waals surface area contributed by atoms with Crippen LogP contribution in [0.4, 0.5) is 0 Å². The van der Waals surface area contributed by atoms with Gasteiger partial charge in [0.15, 0.2) is 0 Å². The Morgan fingerprint density at radius 3 is 2.42 bits per heavy atom. The summed E-state index contributed by atoms with van der Waals surface area (Å²) in [6.45, 7) is 2.93. The van der Waals surface area contributed by atoms with Gasteiger partial charge in [0.1, 0.15) is 5.75 Å². The molecule has 3 aromatic carbocycles. The topological polar surface area (TPSA) is 104 Å². The third-order valence-corrected chi connectivity index (χ3v) is 9.88. The van der Waals surface area contributed by atoms with Crippen LogP contribution in [0.2, 0.25) is 0 Å². The van der Waals surface area contributed by atoms with Crippen molar-refractivity contribution in [1.82, 2.24) is 4.90 Å². The van der Waals surface area contributed by atoms with Crippen LogP contribution in [-0.2, 0) is 19.1 Å². The molecule has 4 atom stereocenters. The number of carbonyl (C=O) groups is 3. The highest BCUT2D eigenvalue weighted by molar-refractivity contribution is 6.06. The Morgan fingerprint density at radius 1 is 0.911 bits per heavy atom. The summed E-state index contributed by atoms with van der Waals surface area (Å²) in [6.07, 6.45) is 7.01. The van der Waals surface area contributed by atoms with Crippen LogP contribution in [0, 0.1) is 17.8 Å². The highest BCUT2D eigenvalue weighted by Gasteiger charge is 2.56. The summed E-state index contributed by atoms with van der Waals surface area (Å²) < 4.78 is 6.46. The molecule has 2 saturated heterocycles. The number of phenolic OH excluding ortho intramolecular Hbond substituents is 1. The van der Waals surface area contributed by atoms with Gasteiger partial charge in [0, 0.05) is 24.3 Å². The number of aromatic hydroxyl groups is 1. The molecule has 2 fully saturated rings. The van der Waals surface area contributed by atoms with E-state index in [2.05, 4.69) is 25.1 Å². The zero-order chi connectivity index (χ0) is 31.5. The lowest BCUT2D eigenvalue weighted by Crippen LogP contribution is -2.34. The first-order valence-electron chi connectivity index (χ1n) is 16.2. The van der Waals surface area contributed by atoms with E-state index < -0.39 is 5.97 Å². The average molecular weight is 608 g/mol. The second kappa shape index (κ2) is 13.4. The summed E-state index contributed by atoms with van der Waals surface area (Å²) in [5.41, 5.74) is 5.83. The molecule has 2 amide bonds. The van der Waals surface area contributed by atoms with Crippen LogP contribution in [0.25, 0.3) is 22.4 Å². The van der Waals surface area contributed by atoms with E-state index in [9.17, 15) is 19.5 Å². The Labute approximate surface area is 264 Å². The van der Waals surface area contributed by atoms with E-state index in [1.807, 2.05) is 48.5 Å². The van der Waals surface area contributed by atoms with Crippen LogP contribution >= 0.6 is 0 Å². The lowest BCUT2D eigenvalue weighted by molar-refractivity contribution is -0.141. The van der Waals surface area contributed by atoms with Gasteiger partial charge >= 0.3 is 5.97 Å². The maximum Gasteiger partial charge on any atom is 0.303 e. The largest absolute Gasteiger partial charge is 0.507 e. The number of hydrogen-bond acceptors (Lipinski definition) is 5. The van der Waals surface area contributed by atoms with Gasteiger partial charge in [-0.15, -0.1) is 0 Å². The van der Waals surface area contributed by atoms with E-state index >= 15 is 0 Å². The number of likely N-dealkylation sites (tertiary alicyclic amines) is 1. The number of benzene rings is 3. The monoisotopic (exact) mass is 607 g/mol. The second-order valence-electron chi connectivity index (χ2n) is 12.5. The number of rotatable bonds is 12. The number of unbranched alkanes of at least 4 members (excludes halogenated alkanes) is 2. The summed E-state index contributed by atoms with van der Waals surface area (Å²) in [4.78, 5) is 39.4. The number of nitrogens with zero attached hydrogens (tertiary/aromatic N) is 1. The van der Waals surface area contributed by atoms with Gasteiger partial charge in [0.05, 0.1) is 24.5 Å². The number of carboxylic acid groups (broad SMARTS) is 1. The van der Waals surface area contributed by atoms with Crippen LogP contribution in [-0.4, -0.2) is 52.2 Å². The number of carboxylic acids is 1. The fourth-order valence-electron chi connectivity index (χ4n) is 7.68. The van der Waals surface area contributed by atoms with E-state index in [4.69, 9.17) is 9.84 Å². The van der Waals surface area contributed by atoms with E-state index in [1.54, 1.807) is 6.07 Å². The highest BCUT2D eigenvalue weighted by Crippen LogP contribution is 2.50. The molecule has 1 aliphatic carbocycles. The smallest absolute Gasteiger partial charge is 0.303 e. The van der Waals surface area contributed by atoms with Gasteiger partial charge < -0.3 is 14.9 Å². The number of fused-ring (bicyclic) bond motifs is 4. The summed E-state index contributed by atoms with van der Waals surface area (Å²) in [5.74, 6) is -1.51.